The van der Waals surface area contributed by atoms with Gasteiger partial charge in [-0.2, -0.15) is 5.10 Å². The predicted octanol–water partition coefficient (Wildman–Crippen LogP) is 3.35. The van der Waals surface area contributed by atoms with Crippen molar-refractivity contribution in [2.45, 2.75) is 19.9 Å². The van der Waals surface area contributed by atoms with Crippen LogP contribution in [-0.4, -0.2) is 20.2 Å². The molecule has 1 unspecified atom stereocenters. The molecule has 0 bridgehead atoms. The summed E-state index contributed by atoms with van der Waals surface area (Å²) in [5.41, 5.74) is 3.13. The topological polar surface area (TPSA) is 66.5 Å². The van der Waals surface area contributed by atoms with Crippen molar-refractivity contribution in [3.05, 3.63) is 60.2 Å². The first-order chi connectivity index (χ1) is 10.2. The summed E-state index contributed by atoms with van der Waals surface area (Å²) < 4.78 is 0. The lowest BCUT2D eigenvalue weighted by Gasteiger charge is -2.17. The van der Waals surface area contributed by atoms with Gasteiger partial charge in [-0.1, -0.05) is 18.2 Å². The normalized spacial score (nSPS) is 12.1. The zero-order valence-electron chi connectivity index (χ0n) is 12.0. The second-order valence-corrected chi connectivity index (χ2v) is 4.94. The summed E-state index contributed by atoms with van der Waals surface area (Å²) in [6, 6.07) is 12.2. The third-order valence-electron chi connectivity index (χ3n) is 3.32. The van der Waals surface area contributed by atoms with E-state index in [0.717, 1.165) is 22.6 Å². The van der Waals surface area contributed by atoms with Crippen LogP contribution in [0, 0.1) is 6.92 Å². The van der Waals surface area contributed by atoms with E-state index in [9.17, 15) is 0 Å². The molecule has 3 aromatic rings. The first-order valence-corrected chi connectivity index (χ1v) is 6.89. The molecule has 0 spiro atoms. The lowest BCUT2D eigenvalue weighted by molar-refractivity contribution is 0.876. The minimum Gasteiger partial charge on any atom is -0.378 e. The summed E-state index contributed by atoms with van der Waals surface area (Å²) in [7, 11) is 0. The maximum atomic E-state index is 4.40. The molecule has 0 aliphatic carbocycles. The summed E-state index contributed by atoms with van der Waals surface area (Å²) >= 11 is 0. The second kappa shape index (κ2) is 5.75. The van der Waals surface area contributed by atoms with Gasteiger partial charge in [0.2, 0.25) is 0 Å². The summed E-state index contributed by atoms with van der Waals surface area (Å²) in [6.45, 7) is 4.00. The average Bonchev–Trinajstić information content (AvgIpc) is 2.95. The van der Waals surface area contributed by atoms with Gasteiger partial charge in [-0.3, -0.25) is 10.1 Å². The molecule has 21 heavy (non-hydrogen) atoms. The molecule has 2 heterocycles. The number of nitrogens with one attached hydrogen (secondary N) is 2. The van der Waals surface area contributed by atoms with Crippen molar-refractivity contribution in [2.75, 3.05) is 5.32 Å². The van der Waals surface area contributed by atoms with Crippen molar-refractivity contribution in [1.82, 2.24) is 20.2 Å². The average molecular weight is 279 g/mol. The van der Waals surface area contributed by atoms with Gasteiger partial charge in [0.1, 0.15) is 5.82 Å². The van der Waals surface area contributed by atoms with E-state index in [1.807, 2.05) is 43.5 Å². The fourth-order valence-corrected chi connectivity index (χ4v) is 2.22. The summed E-state index contributed by atoms with van der Waals surface area (Å²) in [5.74, 6) is 1.51. The molecule has 5 nitrogen and oxygen atoms in total. The molecule has 0 aliphatic rings. The van der Waals surface area contributed by atoms with Gasteiger partial charge in [0.05, 0.1) is 6.04 Å². The Morgan fingerprint density at radius 1 is 1.14 bits per heavy atom. The molecule has 0 saturated heterocycles. The van der Waals surface area contributed by atoms with Gasteiger partial charge in [0.15, 0.2) is 5.82 Å². The number of aromatic nitrogens is 4. The summed E-state index contributed by atoms with van der Waals surface area (Å²) in [6.07, 6.45) is 3.65. The van der Waals surface area contributed by atoms with Crippen LogP contribution in [0.3, 0.4) is 0 Å². The van der Waals surface area contributed by atoms with Crippen LogP contribution in [0.5, 0.6) is 0 Å². The largest absolute Gasteiger partial charge is 0.378 e. The number of pyridine rings is 1. The molecule has 0 fully saturated rings. The summed E-state index contributed by atoms with van der Waals surface area (Å²) in [5, 5.41) is 10.6. The maximum Gasteiger partial charge on any atom is 0.183 e. The van der Waals surface area contributed by atoms with Gasteiger partial charge in [-0.05, 0) is 37.6 Å². The molecule has 106 valence electrons. The first kappa shape index (κ1) is 13.3. The fourth-order valence-electron chi connectivity index (χ4n) is 2.22. The highest BCUT2D eigenvalue weighted by atomic mass is 15.2. The number of rotatable bonds is 4. The van der Waals surface area contributed by atoms with Gasteiger partial charge < -0.3 is 5.32 Å². The van der Waals surface area contributed by atoms with Crippen molar-refractivity contribution in [3.8, 4) is 11.4 Å². The predicted molar refractivity (Wildman–Crippen MR) is 82.8 cm³/mol. The van der Waals surface area contributed by atoms with E-state index in [4.69, 9.17) is 0 Å². The van der Waals surface area contributed by atoms with E-state index >= 15 is 0 Å². The van der Waals surface area contributed by atoms with Gasteiger partial charge in [0, 0.05) is 23.6 Å². The Bertz CT molecular complexity index is 720. The third-order valence-corrected chi connectivity index (χ3v) is 3.32. The van der Waals surface area contributed by atoms with E-state index in [-0.39, 0.29) is 6.04 Å². The molecular weight excluding hydrogens is 262 g/mol. The molecule has 3 rings (SSSR count). The van der Waals surface area contributed by atoms with Crippen LogP contribution >= 0.6 is 0 Å². The van der Waals surface area contributed by atoms with Crippen LogP contribution in [0.15, 0.2) is 48.8 Å². The molecule has 1 aromatic carbocycles. The van der Waals surface area contributed by atoms with E-state index in [0.29, 0.717) is 5.82 Å². The Balaban J connectivity index is 1.89. The number of aryl methyl sites for hydroxylation is 1. The lowest BCUT2D eigenvalue weighted by Crippen LogP contribution is -2.07. The highest BCUT2D eigenvalue weighted by Crippen LogP contribution is 2.28. The van der Waals surface area contributed by atoms with Crippen LogP contribution < -0.4 is 5.32 Å². The maximum absolute atomic E-state index is 4.40. The zero-order valence-corrected chi connectivity index (χ0v) is 12.0. The number of benzene rings is 1. The van der Waals surface area contributed by atoms with Crippen LogP contribution in [-0.2, 0) is 0 Å². The van der Waals surface area contributed by atoms with E-state index < -0.39 is 0 Å². The Labute approximate surface area is 123 Å². The van der Waals surface area contributed by atoms with E-state index in [1.165, 1.54) is 0 Å². The standard InChI is InChI=1S/C16H17N5/c1-11(13-6-5-9-17-10-13)18-15-8-4-3-7-14(15)16-19-12(2)20-21-16/h3-11,18H,1-2H3,(H,19,20,21). The minimum atomic E-state index is 0.153. The number of nitrogens with zero attached hydrogens (tertiary/aromatic N) is 3. The number of anilines is 1. The molecule has 0 amide bonds. The Kier molecular flexibility index (Phi) is 3.64. The highest BCUT2D eigenvalue weighted by Gasteiger charge is 2.12. The third kappa shape index (κ3) is 2.91. The second-order valence-electron chi connectivity index (χ2n) is 4.94. The molecule has 0 radical (unpaired) electrons. The first-order valence-electron chi connectivity index (χ1n) is 6.89. The molecule has 2 N–H and O–H groups in total. The van der Waals surface area contributed by atoms with Gasteiger partial charge in [-0.25, -0.2) is 4.98 Å². The van der Waals surface area contributed by atoms with Crippen LogP contribution in [0.1, 0.15) is 24.4 Å². The van der Waals surface area contributed by atoms with Crippen molar-refractivity contribution in [3.63, 3.8) is 0 Å². The van der Waals surface area contributed by atoms with Crippen LogP contribution in [0.25, 0.3) is 11.4 Å². The molecule has 0 saturated carbocycles. The fraction of sp³-hybridized carbons (Fsp3) is 0.188. The minimum absolute atomic E-state index is 0.153. The quantitative estimate of drug-likeness (QED) is 0.768. The molecule has 0 aliphatic heterocycles. The monoisotopic (exact) mass is 279 g/mol. The van der Waals surface area contributed by atoms with Gasteiger partial charge in [0.25, 0.3) is 0 Å². The van der Waals surface area contributed by atoms with Crippen molar-refractivity contribution >= 4 is 5.69 Å². The smallest absolute Gasteiger partial charge is 0.183 e. The van der Waals surface area contributed by atoms with Crippen molar-refractivity contribution in [1.29, 1.82) is 0 Å². The molecule has 1 atom stereocenters. The lowest BCUT2D eigenvalue weighted by atomic mass is 10.1. The number of hydrogen-bond acceptors (Lipinski definition) is 4. The van der Waals surface area contributed by atoms with E-state index in [1.54, 1.807) is 6.20 Å². The van der Waals surface area contributed by atoms with Crippen molar-refractivity contribution < 1.29 is 0 Å². The highest BCUT2D eigenvalue weighted by molar-refractivity contribution is 5.73. The Hall–Kier alpha value is -2.69. The zero-order chi connectivity index (χ0) is 14.7. The SMILES string of the molecule is Cc1nc(-c2ccccc2NC(C)c2cccnc2)n[nH]1. The summed E-state index contributed by atoms with van der Waals surface area (Å²) in [4.78, 5) is 8.56. The Morgan fingerprint density at radius 2 is 2.00 bits per heavy atom. The van der Waals surface area contributed by atoms with Gasteiger partial charge in [-0.15, -0.1) is 0 Å². The number of para-hydroxylation sites is 1. The van der Waals surface area contributed by atoms with Crippen LogP contribution in [0.4, 0.5) is 5.69 Å². The van der Waals surface area contributed by atoms with E-state index in [2.05, 4.69) is 38.5 Å². The Morgan fingerprint density at radius 3 is 2.71 bits per heavy atom. The molecule has 5 heteroatoms. The van der Waals surface area contributed by atoms with Crippen LogP contribution in [0.2, 0.25) is 0 Å². The van der Waals surface area contributed by atoms with Crippen molar-refractivity contribution in [2.24, 2.45) is 0 Å². The van der Waals surface area contributed by atoms with Gasteiger partial charge >= 0.3 is 0 Å². The number of H-pyrrole nitrogens is 1. The molecule has 2 aromatic heterocycles. The molecular formula is C16H17N5. The number of aromatic amines is 1. The number of hydrogen-bond donors (Lipinski definition) is 2.